The van der Waals surface area contributed by atoms with Crippen LogP contribution < -0.4 is 19.9 Å². The SMILES string of the molecule is CC1(C)OC[C@H](COc2ccnc(NC(=O)N3c4nc(-c5cccc(C(F)(F)F)c5)ncc4N4CCCC3C4)c2)O1. The first-order chi connectivity index (χ1) is 19.6. The molecule has 216 valence electrons. The normalized spacial score (nSPS) is 21.4. The summed E-state index contributed by atoms with van der Waals surface area (Å²) in [4.78, 5) is 30.6. The van der Waals surface area contributed by atoms with Crippen LogP contribution in [0.1, 0.15) is 32.3 Å². The van der Waals surface area contributed by atoms with Gasteiger partial charge in [-0.05, 0) is 44.9 Å². The molecule has 3 aliphatic heterocycles. The minimum atomic E-state index is -4.50. The molecule has 0 radical (unpaired) electrons. The van der Waals surface area contributed by atoms with Gasteiger partial charge in [-0.25, -0.2) is 19.7 Å². The van der Waals surface area contributed by atoms with Gasteiger partial charge in [0.15, 0.2) is 17.4 Å². The van der Waals surface area contributed by atoms with Gasteiger partial charge >= 0.3 is 12.2 Å². The predicted molar refractivity (Wildman–Crippen MR) is 144 cm³/mol. The molecular weight excluding hydrogens is 541 g/mol. The molecule has 3 aliphatic rings. The smallest absolute Gasteiger partial charge is 0.416 e. The van der Waals surface area contributed by atoms with Crippen molar-refractivity contribution in [2.45, 2.75) is 50.8 Å². The topological polar surface area (TPSA) is 102 Å². The third kappa shape index (κ3) is 5.77. The average molecular weight is 571 g/mol. The summed E-state index contributed by atoms with van der Waals surface area (Å²) in [7, 11) is 0. The number of hydrogen-bond acceptors (Lipinski definition) is 8. The Labute approximate surface area is 234 Å². The van der Waals surface area contributed by atoms with Gasteiger partial charge in [-0.2, -0.15) is 13.2 Å². The zero-order valence-electron chi connectivity index (χ0n) is 22.5. The van der Waals surface area contributed by atoms with E-state index in [1.54, 1.807) is 23.2 Å². The molecule has 10 nitrogen and oxygen atoms in total. The van der Waals surface area contributed by atoms with E-state index >= 15 is 0 Å². The summed E-state index contributed by atoms with van der Waals surface area (Å²) in [6, 6.07) is 7.51. The fourth-order valence-corrected chi connectivity index (χ4v) is 5.33. The molecule has 5 heterocycles. The number of urea groups is 1. The second kappa shape index (κ2) is 10.5. The lowest BCUT2D eigenvalue weighted by Crippen LogP contribution is -2.56. The van der Waals surface area contributed by atoms with Crippen molar-refractivity contribution < 1.29 is 32.2 Å². The van der Waals surface area contributed by atoms with Crippen LogP contribution in [0, 0.1) is 0 Å². The molecule has 6 rings (SSSR count). The van der Waals surface area contributed by atoms with Crippen LogP contribution in [0.15, 0.2) is 48.8 Å². The van der Waals surface area contributed by atoms with Crippen molar-refractivity contribution >= 4 is 23.4 Å². The number of alkyl halides is 3. The minimum Gasteiger partial charge on any atom is -0.491 e. The third-order valence-corrected chi connectivity index (χ3v) is 7.22. The minimum absolute atomic E-state index is 0.101. The van der Waals surface area contributed by atoms with Crippen LogP contribution >= 0.6 is 0 Å². The number of halogens is 3. The number of carbonyl (C=O) groups excluding carboxylic acids is 1. The molecule has 1 unspecified atom stereocenters. The Balaban J connectivity index is 1.24. The predicted octanol–water partition coefficient (Wildman–Crippen LogP) is 5.11. The number of rotatable bonds is 5. The van der Waals surface area contributed by atoms with Crippen LogP contribution in [0.3, 0.4) is 0 Å². The summed E-state index contributed by atoms with van der Waals surface area (Å²) in [5.41, 5.74) is 0.0642. The first kappa shape index (κ1) is 27.2. The van der Waals surface area contributed by atoms with Gasteiger partial charge in [0.25, 0.3) is 0 Å². The highest BCUT2D eigenvalue weighted by Crippen LogP contribution is 2.39. The molecule has 1 N–H and O–H groups in total. The monoisotopic (exact) mass is 570 g/mol. The number of ether oxygens (including phenoxy) is 3. The molecule has 41 heavy (non-hydrogen) atoms. The number of pyridine rings is 1. The Morgan fingerprint density at radius 2 is 2.07 bits per heavy atom. The summed E-state index contributed by atoms with van der Waals surface area (Å²) >= 11 is 0. The van der Waals surface area contributed by atoms with E-state index in [2.05, 4.69) is 25.2 Å². The number of aromatic nitrogens is 3. The maximum Gasteiger partial charge on any atom is 0.416 e. The molecule has 2 aromatic heterocycles. The molecule has 2 saturated heterocycles. The maximum atomic E-state index is 13.7. The van der Waals surface area contributed by atoms with E-state index in [0.717, 1.165) is 31.5 Å². The van der Waals surface area contributed by atoms with Gasteiger partial charge in [-0.15, -0.1) is 0 Å². The number of piperidine rings is 1. The van der Waals surface area contributed by atoms with Crippen molar-refractivity contribution in [3.05, 3.63) is 54.4 Å². The van der Waals surface area contributed by atoms with E-state index in [1.807, 2.05) is 13.8 Å². The van der Waals surface area contributed by atoms with E-state index < -0.39 is 23.6 Å². The number of amides is 2. The second-order valence-corrected chi connectivity index (χ2v) is 10.7. The Morgan fingerprint density at radius 3 is 2.85 bits per heavy atom. The highest BCUT2D eigenvalue weighted by Gasteiger charge is 2.39. The first-order valence-corrected chi connectivity index (χ1v) is 13.4. The van der Waals surface area contributed by atoms with E-state index in [9.17, 15) is 18.0 Å². The molecule has 13 heteroatoms. The second-order valence-electron chi connectivity index (χ2n) is 10.7. The number of anilines is 3. The quantitative estimate of drug-likeness (QED) is 0.452. The molecule has 0 spiro atoms. The fraction of sp³-hybridized carbons (Fsp3) is 0.429. The van der Waals surface area contributed by atoms with Crippen molar-refractivity contribution in [2.75, 3.05) is 41.4 Å². The molecule has 2 bridgehead atoms. The Hall–Kier alpha value is -3.97. The number of benzene rings is 1. The summed E-state index contributed by atoms with van der Waals surface area (Å²) in [5.74, 6) is 0.567. The van der Waals surface area contributed by atoms with Crippen molar-refractivity contribution in [3.63, 3.8) is 0 Å². The molecule has 3 aromatic rings. The van der Waals surface area contributed by atoms with Gasteiger partial charge in [-0.1, -0.05) is 12.1 Å². The molecule has 2 amide bonds. The number of hydrogen-bond donors (Lipinski definition) is 1. The number of carbonyl (C=O) groups is 1. The lowest BCUT2D eigenvalue weighted by Gasteiger charge is -2.45. The van der Waals surface area contributed by atoms with Crippen LogP contribution in [0.5, 0.6) is 5.75 Å². The summed E-state index contributed by atoms with van der Waals surface area (Å²) in [5, 5.41) is 2.84. The Morgan fingerprint density at radius 1 is 1.22 bits per heavy atom. The molecule has 2 atom stereocenters. The van der Waals surface area contributed by atoms with Gasteiger partial charge in [-0.3, -0.25) is 10.2 Å². The van der Waals surface area contributed by atoms with E-state index in [4.69, 9.17) is 14.2 Å². The number of nitrogens with zero attached hydrogens (tertiary/aromatic N) is 5. The lowest BCUT2D eigenvalue weighted by atomic mass is 10.0. The maximum absolute atomic E-state index is 13.7. The van der Waals surface area contributed by atoms with Crippen LogP contribution in [0.25, 0.3) is 11.4 Å². The van der Waals surface area contributed by atoms with Crippen LogP contribution in [-0.4, -0.2) is 65.2 Å². The third-order valence-electron chi connectivity index (χ3n) is 7.22. The molecule has 0 aliphatic carbocycles. The van der Waals surface area contributed by atoms with Gasteiger partial charge < -0.3 is 19.1 Å². The number of fused-ring (bicyclic) bond motifs is 4. The summed E-state index contributed by atoms with van der Waals surface area (Å²) in [6.45, 7) is 5.74. The highest BCUT2D eigenvalue weighted by atomic mass is 19.4. The van der Waals surface area contributed by atoms with Crippen molar-refractivity contribution in [1.82, 2.24) is 15.0 Å². The standard InChI is InChI=1S/C28H29F3N6O4/c1-27(2)40-16-21(41-27)15-39-20-8-9-32-23(12-20)34-26(38)37-19-7-4-10-36(14-19)22-13-33-24(35-25(22)37)17-5-3-6-18(11-17)28(29,30)31/h3,5-6,8-9,11-13,19,21H,4,7,10,14-16H2,1-2H3,(H,32,34,38)/t19?,21-/m0/s1. The van der Waals surface area contributed by atoms with E-state index in [-0.39, 0.29) is 36.0 Å². The van der Waals surface area contributed by atoms with Crippen molar-refractivity contribution in [3.8, 4) is 17.1 Å². The molecular formula is C28H29F3N6O4. The van der Waals surface area contributed by atoms with Crippen LogP contribution in [0.4, 0.5) is 35.3 Å². The van der Waals surface area contributed by atoms with Crippen molar-refractivity contribution in [2.24, 2.45) is 0 Å². The Kier molecular flexibility index (Phi) is 6.94. The van der Waals surface area contributed by atoms with E-state index in [0.29, 0.717) is 30.4 Å². The summed E-state index contributed by atoms with van der Waals surface area (Å²) < 4.78 is 57.2. The first-order valence-electron chi connectivity index (χ1n) is 13.4. The largest absolute Gasteiger partial charge is 0.491 e. The Bertz CT molecular complexity index is 1450. The number of nitrogens with one attached hydrogen (secondary N) is 1. The van der Waals surface area contributed by atoms with E-state index in [1.165, 1.54) is 18.3 Å². The fourth-order valence-electron chi connectivity index (χ4n) is 5.33. The van der Waals surface area contributed by atoms with Gasteiger partial charge in [0.05, 0.1) is 30.1 Å². The molecule has 1 aromatic carbocycles. The average Bonchev–Trinajstić information content (AvgIpc) is 3.30. The lowest BCUT2D eigenvalue weighted by molar-refractivity contribution is -0.141. The van der Waals surface area contributed by atoms with Gasteiger partial charge in [0.2, 0.25) is 0 Å². The summed E-state index contributed by atoms with van der Waals surface area (Å²) in [6.07, 6.45) is 0.000642. The molecule has 0 saturated carbocycles. The molecule has 2 fully saturated rings. The van der Waals surface area contributed by atoms with Crippen LogP contribution in [-0.2, 0) is 15.7 Å². The van der Waals surface area contributed by atoms with Crippen LogP contribution in [0.2, 0.25) is 0 Å². The van der Waals surface area contributed by atoms with Gasteiger partial charge in [0.1, 0.15) is 24.3 Å². The zero-order chi connectivity index (χ0) is 28.8. The van der Waals surface area contributed by atoms with Gasteiger partial charge in [0, 0.05) is 30.9 Å². The highest BCUT2D eigenvalue weighted by molar-refractivity contribution is 6.04. The van der Waals surface area contributed by atoms with Crippen molar-refractivity contribution in [1.29, 1.82) is 0 Å². The zero-order valence-corrected chi connectivity index (χ0v) is 22.5.